The van der Waals surface area contributed by atoms with Crippen molar-refractivity contribution in [3.05, 3.63) is 58.1 Å². The van der Waals surface area contributed by atoms with Gasteiger partial charge in [-0.25, -0.2) is 0 Å². The number of nitrogens with one attached hydrogen (secondary N) is 2. The third-order valence-electron chi connectivity index (χ3n) is 7.08. The molecule has 220 valence electrons. The third-order valence-corrected chi connectivity index (χ3v) is 9.08. The van der Waals surface area contributed by atoms with Crippen molar-refractivity contribution in [3.8, 4) is 0 Å². The average molecular weight is 607 g/mol. The maximum Gasteiger partial charge on any atom is 0.232 e. The van der Waals surface area contributed by atoms with Crippen LogP contribution in [0, 0.1) is 0 Å². The van der Waals surface area contributed by atoms with E-state index in [0.717, 1.165) is 47.1 Å². The van der Waals surface area contributed by atoms with E-state index in [2.05, 4.69) is 41.0 Å². The van der Waals surface area contributed by atoms with Crippen molar-refractivity contribution in [2.75, 3.05) is 48.6 Å². The highest BCUT2D eigenvalue weighted by Crippen LogP contribution is 2.43. The van der Waals surface area contributed by atoms with Crippen LogP contribution in [0.5, 0.6) is 0 Å². The van der Waals surface area contributed by atoms with Crippen molar-refractivity contribution in [1.82, 2.24) is 30.4 Å². The smallest absolute Gasteiger partial charge is 0.232 e. The SMILES string of the molecule is CN(C)c1ccc(CC(=O)Nc2nnc([C@H]3CCC[C@H](c4nnc(NC(=O)Cc5ccc(N(C)C)cn5)s4)C3)s2)nc1. The minimum Gasteiger partial charge on any atom is -0.376 e. The predicted molar refractivity (Wildman–Crippen MR) is 166 cm³/mol. The van der Waals surface area contributed by atoms with Gasteiger partial charge in [-0.15, -0.1) is 20.4 Å². The summed E-state index contributed by atoms with van der Waals surface area (Å²) in [6.07, 6.45) is 7.75. The molecule has 14 heteroatoms. The van der Waals surface area contributed by atoms with Crippen LogP contribution in [-0.2, 0) is 22.4 Å². The van der Waals surface area contributed by atoms with Gasteiger partial charge in [0.1, 0.15) is 10.0 Å². The highest BCUT2D eigenvalue weighted by Gasteiger charge is 2.29. The van der Waals surface area contributed by atoms with Crippen LogP contribution in [-0.4, -0.2) is 70.4 Å². The Labute approximate surface area is 252 Å². The van der Waals surface area contributed by atoms with Gasteiger partial charge in [0.25, 0.3) is 0 Å². The zero-order valence-electron chi connectivity index (χ0n) is 24.1. The molecule has 42 heavy (non-hydrogen) atoms. The van der Waals surface area contributed by atoms with E-state index >= 15 is 0 Å². The Morgan fingerprint density at radius 3 is 1.57 bits per heavy atom. The molecule has 5 rings (SSSR count). The molecular weight excluding hydrogens is 573 g/mol. The van der Waals surface area contributed by atoms with Gasteiger partial charge < -0.3 is 20.4 Å². The first-order valence-corrected chi connectivity index (χ1v) is 15.4. The first-order chi connectivity index (χ1) is 20.2. The van der Waals surface area contributed by atoms with Gasteiger partial charge in [-0.05, 0) is 43.5 Å². The molecule has 1 fully saturated rings. The molecule has 4 heterocycles. The molecule has 0 saturated heterocycles. The van der Waals surface area contributed by atoms with Crippen molar-refractivity contribution in [2.24, 2.45) is 0 Å². The van der Waals surface area contributed by atoms with Crippen LogP contribution < -0.4 is 20.4 Å². The number of amides is 2. The number of aromatic nitrogens is 6. The largest absolute Gasteiger partial charge is 0.376 e. The van der Waals surface area contributed by atoms with Crippen LogP contribution >= 0.6 is 22.7 Å². The van der Waals surface area contributed by atoms with E-state index in [1.54, 1.807) is 12.4 Å². The van der Waals surface area contributed by atoms with E-state index in [4.69, 9.17) is 0 Å². The van der Waals surface area contributed by atoms with Crippen LogP contribution in [0.3, 0.4) is 0 Å². The molecule has 2 N–H and O–H groups in total. The normalized spacial score (nSPS) is 16.6. The number of pyridine rings is 2. The maximum absolute atomic E-state index is 12.6. The van der Waals surface area contributed by atoms with Crippen LogP contribution in [0.4, 0.5) is 21.6 Å². The second kappa shape index (κ2) is 13.3. The Kier molecular flexibility index (Phi) is 9.32. The lowest BCUT2D eigenvalue weighted by Crippen LogP contribution is -2.15. The molecule has 4 aromatic rings. The molecule has 0 radical (unpaired) electrons. The molecule has 1 aliphatic carbocycles. The van der Waals surface area contributed by atoms with E-state index in [1.165, 1.54) is 22.7 Å². The van der Waals surface area contributed by atoms with Crippen LogP contribution in [0.1, 0.15) is 58.9 Å². The number of nitrogens with zero attached hydrogens (tertiary/aromatic N) is 8. The molecule has 0 bridgehead atoms. The van der Waals surface area contributed by atoms with Gasteiger partial charge >= 0.3 is 0 Å². The molecule has 12 nitrogen and oxygen atoms in total. The molecular formula is C28H34N10O2S2. The number of rotatable bonds is 10. The zero-order chi connectivity index (χ0) is 29.6. The minimum atomic E-state index is -0.172. The summed E-state index contributed by atoms with van der Waals surface area (Å²) in [5.74, 6) is 0.110. The number of carbonyl (C=O) groups is 2. The monoisotopic (exact) mass is 606 g/mol. The summed E-state index contributed by atoms with van der Waals surface area (Å²) in [4.78, 5) is 37.8. The highest BCUT2D eigenvalue weighted by molar-refractivity contribution is 7.15. The standard InChI is InChI=1S/C28H34N10O2S2/c1-37(2)21-10-8-19(29-15-21)13-23(39)31-27-35-33-25(41-27)17-6-5-7-18(12-17)26-34-36-28(42-26)32-24(40)14-20-9-11-22(16-30-20)38(3)4/h8-11,15-18H,5-7,12-14H2,1-4H3,(H,31,35,39)(H,32,36,40)/t17-,18-/m0/s1. The summed E-state index contributed by atoms with van der Waals surface area (Å²) in [7, 11) is 7.79. The van der Waals surface area contributed by atoms with Crippen molar-refractivity contribution >= 4 is 56.1 Å². The molecule has 4 aromatic heterocycles. The van der Waals surface area contributed by atoms with Gasteiger partial charge in [0.05, 0.1) is 36.6 Å². The molecule has 2 atom stereocenters. The summed E-state index contributed by atoms with van der Waals surface area (Å²) in [6.45, 7) is 0. The Morgan fingerprint density at radius 1 is 0.738 bits per heavy atom. The van der Waals surface area contributed by atoms with Gasteiger partial charge in [0, 0.05) is 51.4 Å². The van der Waals surface area contributed by atoms with Crippen molar-refractivity contribution in [2.45, 2.75) is 50.4 Å². The summed E-state index contributed by atoms with van der Waals surface area (Å²) >= 11 is 2.84. The second-order valence-corrected chi connectivity index (χ2v) is 12.7. The van der Waals surface area contributed by atoms with E-state index in [-0.39, 0.29) is 36.5 Å². The molecule has 2 amide bonds. The topological polar surface area (TPSA) is 142 Å². The molecule has 0 unspecified atom stereocenters. The first kappa shape index (κ1) is 29.5. The number of hydrogen-bond donors (Lipinski definition) is 2. The predicted octanol–water partition coefficient (Wildman–Crippen LogP) is 4.12. The molecule has 0 aliphatic heterocycles. The zero-order valence-corrected chi connectivity index (χ0v) is 25.7. The fraction of sp³-hybridized carbons (Fsp3) is 0.429. The van der Waals surface area contributed by atoms with Crippen molar-refractivity contribution in [1.29, 1.82) is 0 Å². The van der Waals surface area contributed by atoms with E-state index in [1.807, 2.05) is 62.3 Å². The lowest BCUT2D eigenvalue weighted by molar-refractivity contribution is -0.116. The second-order valence-electron chi connectivity index (χ2n) is 10.7. The molecule has 0 aromatic carbocycles. The fourth-order valence-electron chi connectivity index (χ4n) is 4.77. The van der Waals surface area contributed by atoms with E-state index in [9.17, 15) is 9.59 Å². The van der Waals surface area contributed by atoms with Gasteiger partial charge in [-0.3, -0.25) is 19.6 Å². The van der Waals surface area contributed by atoms with Crippen molar-refractivity contribution < 1.29 is 9.59 Å². The first-order valence-electron chi connectivity index (χ1n) is 13.7. The van der Waals surface area contributed by atoms with E-state index in [0.29, 0.717) is 21.7 Å². The molecule has 0 spiro atoms. The Hall–Kier alpha value is -4.04. The van der Waals surface area contributed by atoms with Gasteiger partial charge in [-0.2, -0.15) is 0 Å². The maximum atomic E-state index is 12.6. The summed E-state index contributed by atoms with van der Waals surface area (Å²) in [5, 5.41) is 25.8. The summed E-state index contributed by atoms with van der Waals surface area (Å²) in [6, 6.07) is 7.59. The van der Waals surface area contributed by atoms with Gasteiger partial charge in [0.15, 0.2) is 0 Å². The Morgan fingerprint density at radius 2 is 1.19 bits per heavy atom. The van der Waals surface area contributed by atoms with Crippen LogP contribution in [0.2, 0.25) is 0 Å². The van der Waals surface area contributed by atoms with Gasteiger partial charge in [0.2, 0.25) is 22.1 Å². The lowest BCUT2D eigenvalue weighted by atomic mass is 9.82. The van der Waals surface area contributed by atoms with Crippen LogP contribution in [0.15, 0.2) is 36.7 Å². The number of hydrogen-bond acceptors (Lipinski definition) is 12. The quantitative estimate of drug-likeness (QED) is 0.271. The lowest BCUT2D eigenvalue weighted by Gasteiger charge is -2.25. The summed E-state index contributed by atoms with van der Waals surface area (Å²) in [5.41, 5.74) is 3.35. The molecule has 1 aliphatic rings. The van der Waals surface area contributed by atoms with Crippen molar-refractivity contribution in [3.63, 3.8) is 0 Å². The summed E-state index contributed by atoms with van der Waals surface area (Å²) < 4.78 is 0. The highest BCUT2D eigenvalue weighted by atomic mass is 32.1. The Bertz CT molecular complexity index is 1390. The fourth-order valence-corrected chi connectivity index (χ4v) is 6.58. The Balaban J connectivity index is 1.12. The minimum absolute atomic E-state index is 0.170. The number of carbonyl (C=O) groups excluding carboxylic acids is 2. The average Bonchev–Trinajstić information content (AvgIpc) is 3.63. The van der Waals surface area contributed by atoms with Gasteiger partial charge in [-0.1, -0.05) is 29.1 Å². The van der Waals surface area contributed by atoms with E-state index < -0.39 is 0 Å². The third kappa shape index (κ3) is 7.62. The number of anilines is 4. The molecule has 1 saturated carbocycles. The van der Waals surface area contributed by atoms with Crippen LogP contribution in [0.25, 0.3) is 0 Å².